The molecule has 5 N–H and O–H groups in total. The minimum atomic E-state index is -0.250. The summed E-state index contributed by atoms with van der Waals surface area (Å²) in [5, 5.41) is 16.9. The molecule has 2 atom stereocenters. The molecular weight excluding hydrogens is 416 g/mol. The maximum absolute atomic E-state index is 12.7. The Labute approximate surface area is 189 Å². The highest BCUT2D eigenvalue weighted by Gasteiger charge is 2.31. The molecule has 2 fully saturated rings. The Morgan fingerprint density at radius 2 is 1.84 bits per heavy atom. The van der Waals surface area contributed by atoms with E-state index in [-0.39, 0.29) is 30.8 Å². The van der Waals surface area contributed by atoms with E-state index in [0.29, 0.717) is 12.6 Å². The summed E-state index contributed by atoms with van der Waals surface area (Å²) in [6, 6.07) is 6.62. The van der Waals surface area contributed by atoms with Gasteiger partial charge in [-0.1, -0.05) is 6.07 Å². The third-order valence-corrected chi connectivity index (χ3v) is 5.52. The van der Waals surface area contributed by atoms with E-state index in [0.717, 1.165) is 70.5 Å². The van der Waals surface area contributed by atoms with Crippen molar-refractivity contribution >= 4 is 18.9 Å². The lowest BCUT2D eigenvalue weighted by atomic mass is 10.0. The summed E-state index contributed by atoms with van der Waals surface area (Å²) in [4.78, 5) is 36.2. The first-order valence-electron chi connectivity index (χ1n) is 11.0. The normalized spacial score (nSPS) is 21.5. The van der Waals surface area contributed by atoms with Crippen LogP contribution >= 0.6 is 0 Å². The van der Waals surface area contributed by atoms with Crippen LogP contribution in [0.3, 0.4) is 0 Å². The van der Waals surface area contributed by atoms with Crippen molar-refractivity contribution in [2.45, 2.75) is 50.6 Å². The number of pyridine rings is 1. The van der Waals surface area contributed by atoms with Gasteiger partial charge in [0.1, 0.15) is 0 Å². The number of carbonyl (C=O) groups excluding carboxylic acids is 1. The standard InChI is InChI=1S/C20H32N4O2.2CH2O2/c21-17-7-6-16(14-24(15-17)19-8-12-26-13-9-19)20(25)23-11-3-5-18-4-1-2-10-22-18;2*2-1-3/h1-2,4,10,16-17,19H,3,5-9,11-15,21H2,(H,23,25);2*1H,(H,2,3)/t16-,17+;;/m1../s1. The zero-order valence-corrected chi connectivity index (χ0v) is 18.5. The fourth-order valence-electron chi connectivity index (χ4n) is 3.99. The average molecular weight is 453 g/mol. The molecule has 0 radical (unpaired) electrons. The van der Waals surface area contributed by atoms with Crippen molar-refractivity contribution in [3.05, 3.63) is 30.1 Å². The molecule has 10 heteroatoms. The van der Waals surface area contributed by atoms with Crippen molar-refractivity contribution in [3.63, 3.8) is 0 Å². The van der Waals surface area contributed by atoms with Crippen LogP contribution in [0.2, 0.25) is 0 Å². The highest BCUT2D eigenvalue weighted by molar-refractivity contribution is 5.78. The Morgan fingerprint density at radius 3 is 2.47 bits per heavy atom. The second kappa shape index (κ2) is 17.0. The van der Waals surface area contributed by atoms with Gasteiger partial charge in [0.25, 0.3) is 12.9 Å². The summed E-state index contributed by atoms with van der Waals surface area (Å²) in [5.74, 6) is 0.221. The molecule has 0 bridgehead atoms. The minimum Gasteiger partial charge on any atom is -0.483 e. The molecule has 32 heavy (non-hydrogen) atoms. The molecule has 1 aromatic heterocycles. The van der Waals surface area contributed by atoms with Crippen molar-refractivity contribution < 1.29 is 29.3 Å². The largest absolute Gasteiger partial charge is 0.483 e. The van der Waals surface area contributed by atoms with E-state index in [2.05, 4.69) is 15.2 Å². The lowest BCUT2D eigenvalue weighted by Crippen LogP contribution is -2.47. The third-order valence-electron chi connectivity index (χ3n) is 5.52. The summed E-state index contributed by atoms with van der Waals surface area (Å²) < 4.78 is 5.48. The number of nitrogens with two attached hydrogens (primary N) is 1. The molecule has 0 saturated carbocycles. The van der Waals surface area contributed by atoms with Crippen molar-refractivity contribution in [2.24, 2.45) is 11.7 Å². The maximum atomic E-state index is 12.7. The summed E-state index contributed by atoms with van der Waals surface area (Å²) in [5.41, 5.74) is 7.35. The van der Waals surface area contributed by atoms with E-state index >= 15 is 0 Å². The number of carboxylic acid groups (broad SMARTS) is 2. The van der Waals surface area contributed by atoms with Gasteiger partial charge < -0.3 is 26.0 Å². The number of hydrogen-bond acceptors (Lipinski definition) is 7. The van der Waals surface area contributed by atoms with Crippen LogP contribution in [0.4, 0.5) is 0 Å². The molecular formula is C22H36N4O6. The highest BCUT2D eigenvalue weighted by atomic mass is 16.5. The number of aryl methyl sites for hydroxylation is 1. The zero-order valence-electron chi connectivity index (χ0n) is 18.5. The molecule has 180 valence electrons. The second-order valence-electron chi connectivity index (χ2n) is 7.76. The van der Waals surface area contributed by atoms with Gasteiger partial charge in [-0.25, -0.2) is 0 Å². The monoisotopic (exact) mass is 452 g/mol. The Hall–Kier alpha value is -2.56. The molecule has 0 aliphatic carbocycles. The van der Waals surface area contributed by atoms with Crippen LogP contribution in [0.15, 0.2) is 24.4 Å². The molecule has 2 saturated heterocycles. The van der Waals surface area contributed by atoms with E-state index in [1.807, 2.05) is 24.4 Å². The number of nitrogens with one attached hydrogen (secondary N) is 1. The number of ether oxygens (including phenoxy) is 1. The van der Waals surface area contributed by atoms with Gasteiger partial charge in [-0.15, -0.1) is 0 Å². The molecule has 1 aromatic rings. The second-order valence-corrected chi connectivity index (χ2v) is 7.76. The topological polar surface area (TPSA) is 155 Å². The van der Waals surface area contributed by atoms with Crippen molar-refractivity contribution in [2.75, 3.05) is 32.8 Å². The first-order chi connectivity index (χ1) is 15.5. The van der Waals surface area contributed by atoms with Crippen LogP contribution in [0.25, 0.3) is 0 Å². The molecule has 2 aliphatic heterocycles. The van der Waals surface area contributed by atoms with Crippen molar-refractivity contribution in [3.8, 4) is 0 Å². The van der Waals surface area contributed by atoms with Gasteiger partial charge in [-0.3, -0.25) is 24.3 Å². The molecule has 1 amide bonds. The van der Waals surface area contributed by atoms with Gasteiger partial charge in [0.05, 0.1) is 5.92 Å². The number of hydrogen-bond donors (Lipinski definition) is 4. The number of amides is 1. The Morgan fingerprint density at radius 1 is 1.16 bits per heavy atom. The molecule has 2 aliphatic rings. The summed E-state index contributed by atoms with van der Waals surface area (Å²) in [6.45, 7) is 3.56. The third kappa shape index (κ3) is 11.2. The lowest BCUT2D eigenvalue weighted by molar-refractivity contribution is -0.126. The van der Waals surface area contributed by atoms with Crippen LogP contribution in [0.5, 0.6) is 0 Å². The van der Waals surface area contributed by atoms with E-state index in [9.17, 15) is 4.79 Å². The van der Waals surface area contributed by atoms with Crippen LogP contribution in [0, 0.1) is 5.92 Å². The van der Waals surface area contributed by atoms with Gasteiger partial charge in [0, 0.05) is 56.8 Å². The SMILES string of the molecule is N[C@H]1CC[C@@H](C(=O)NCCCc2ccccn2)CN(C2CCOCC2)C1.O=CO.O=CO. The summed E-state index contributed by atoms with van der Waals surface area (Å²) in [6.07, 6.45) is 7.52. The Bertz CT molecular complexity index is 637. The Kier molecular flexibility index (Phi) is 14.6. The number of rotatable bonds is 6. The number of aromatic nitrogens is 1. The van der Waals surface area contributed by atoms with Crippen LogP contribution < -0.4 is 11.1 Å². The van der Waals surface area contributed by atoms with Crippen molar-refractivity contribution in [1.29, 1.82) is 0 Å². The van der Waals surface area contributed by atoms with Crippen LogP contribution in [0.1, 0.15) is 37.8 Å². The summed E-state index contributed by atoms with van der Waals surface area (Å²) in [7, 11) is 0. The van der Waals surface area contributed by atoms with Gasteiger partial charge in [0.15, 0.2) is 0 Å². The Balaban J connectivity index is 0.000000769. The van der Waals surface area contributed by atoms with Gasteiger partial charge in [0.2, 0.25) is 5.91 Å². The first kappa shape index (κ1) is 27.5. The number of nitrogens with zero attached hydrogens (tertiary/aromatic N) is 2. The maximum Gasteiger partial charge on any atom is 0.290 e. The van der Waals surface area contributed by atoms with Gasteiger partial charge >= 0.3 is 0 Å². The van der Waals surface area contributed by atoms with E-state index in [1.54, 1.807) is 0 Å². The average Bonchev–Trinajstić information content (AvgIpc) is 3.01. The fraction of sp³-hybridized carbons (Fsp3) is 0.636. The van der Waals surface area contributed by atoms with Gasteiger partial charge in [-0.05, 0) is 50.7 Å². The first-order valence-corrected chi connectivity index (χ1v) is 11.0. The molecule has 0 spiro atoms. The van der Waals surface area contributed by atoms with E-state index in [1.165, 1.54) is 0 Å². The molecule has 3 rings (SSSR count). The quantitative estimate of drug-likeness (QED) is 0.361. The highest BCUT2D eigenvalue weighted by Crippen LogP contribution is 2.22. The fourth-order valence-corrected chi connectivity index (χ4v) is 3.99. The predicted molar refractivity (Wildman–Crippen MR) is 119 cm³/mol. The van der Waals surface area contributed by atoms with E-state index < -0.39 is 0 Å². The van der Waals surface area contributed by atoms with E-state index in [4.69, 9.17) is 30.3 Å². The number of likely N-dealkylation sites (tertiary alicyclic amines) is 1. The van der Waals surface area contributed by atoms with Crippen LogP contribution in [-0.2, 0) is 25.5 Å². The van der Waals surface area contributed by atoms with Gasteiger partial charge in [-0.2, -0.15) is 0 Å². The smallest absolute Gasteiger partial charge is 0.290 e. The van der Waals surface area contributed by atoms with Crippen molar-refractivity contribution in [1.82, 2.24) is 15.2 Å². The molecule has 0 aromatic carbocycles. The summed E-state index contributed by atoms with van der Waals surface area (Å²) >= 11 is 0. The molecule has 0 unspecified atom stereocenters. The lowest BCUT2D eigenvalue weighted by Gasteiger charge is -2.35. The molecule has 10 nitrogen and oxygen atoms in total. The molecule has 3 heterocycles. The zero-order chi connectivity index (χ0) is 23.6. The predicted octanol–water partition coefficient (Wildman–Crippen LogP) is 0.750. The van der Waals surface area contributed by atoms with Crippen LogP contribution in [-0.4, -0.2) is 83.9 Å². The minimum absolute atomic E-state index is 0.0428. The number of carbonyl (C=O) groups is 3.